The van der Waals surface area contributed by atoms with E-state index in [9.17, 15) is 9.18 Å². The van der Waals surface area contributed by atoms with Crippen LogP contribution in [0.3, 0.4) is 0 Å². The van der Waals surface area contributed by atoms with Gasteiger partial charge in [-0.2, -0.15) is 4.39 Å². The molecule has 1 aromatic rings. The van der Waals surface area contributed by atoms with Gasteiger partial charge in [-0.1, -0.05) is 0 Å². The van der Waals surface area contributed by atoms with E-state index in [0.717, 1.165) is 6.07 Å². The van der Waals surface area contributed by atoms with E-state index in [1.165, 1.54) is 19.2 Å². The third-order valence-corrected chi connectivity index (χ3v) is 1.55. The molecule has 1 atom stereocenters. The van der Waals surface area contributed by atoms with Gasteiger partial charge < -0.3 is 5.73 Å². The van der Waals surface area contributed by atoms with E-state index >= 15 is 0 Å². The zero-order valence-corrected chi connectivity index (χ0v) is 6.62. The van der Waals surface area contributed by atoms with Crippen molar-refractivity contribution in [2.24, 2.45) is 5.73 Å². The largest absolute Gasteiger partial charge is 0.318 e. The number of nitrogens with two attached hydrogens (primary N) is 1. The first kappa shape index (κ1) is 8.80. The van der Waals surface area contributed by atoms with Gasteiger partial charge in [0.2, 0.25) is 5.95 Å². The molecule has 0 radical (unpaired) electrons. The van der Waals surface area contributed by atoms with Crippen LogP contribution in [0.2, 0.25) is 0 Å². The summed E-state index contributed by atoms with van der Waals surface area (Å²) in [6, 6.07) is 1.93. The van der Waals surface area contributed by atoms with Crippen LogP contribution in [0.25, 0.3) is 0 Å². The second-order valence-corrected chi connectivity index (χ2v) is 2.50. The van der Waals surface area contributed by atoms with E-state index < -0.39 is 12.0 Å². The number of ketones is 1. The number of rotatable bonds is 2. The van der Waals surface area contributed by atoms with Crippen molar-refractivity contribution in [3.8, 4) is 0 Å². The molecule has 0 aromatic carbocycles. The average Bonchev–Trinajstić information content (AvgIpc) is 2.03. The number of halogens is 1. The Balaban J connectivity index is 2.95. The van der Waals surface area contributed by atoms with Gasteiger partial charge in [-0.3, -0.25) is 4.79 Å². The smallest absolute Gasteiger partial charge is 0.213 e. The highest BCUT2D eigenvalue weighted by molar-refractivity contribution is 5.82. The highest BCUT2D eigenvalue weighted by Gasteiger charge is 2.11. The van der Waals surface area contributed by atoms with Crippen molar-refractivity contribution < 1.29 is 9.18 Å². The summed E-state index contributed by atoms with van der Waals surface area (Å²) in [6.45, 7) is 1.36. The van der Waals surface area contributed by atoms with Crippen LogP contribution in [0.1, 0.15) is 18.5 Å². The van der Waals surface area contributed by atoms with Gasteiger partial charge in [0.15, 0.2) is 5.78 Å². The lowest BCUT2D eigenvalue weighted by Crippen LogP contribution is -2.18. The lowest BCUT2D eigenvalue weighted by molar-refractivity contribution is -0.118. The predicted octanol–water partition coefficient (Wildman–Crippen LogP) is 0.809. The van der Waals surface area contributed by atoms with Crippen LogP contribution in [0, 0.1) is 5.95 Å². The molecule has 1 rings (SSSR count). The van der Waals surface area contributed by atoms with Gasteiger partial charge in [0.25, 0.3) is 0 Å². The molecular formula is C8H9FN2O. The number of hydrogen-bond donors (Lipinski definition) is 1. The maximum Gasteiger partial charge on any atom is 0.213 e. The molecule has 64 valence electrons. The van der Waals surface area contributed by atoms with Crippen molar-refractivity contribution in [3.63, 3.8) is 0 Å². The van der Waals surface area contributed by atoms with Crippen LogP contribution >= 0.6 is 0 Å². The van der Waals surface area contributed by atoms with E-state index in [0.29, 0.717) is 5.56 Å². The maximum atomic E-state index is 12.5. The Labute approximate surface area is 69.4 Å². The highest BCUT2D eigenvalue weighted by atomic mass is 19.1. The molecule has 1 unspecified atom stereocenters. The minimum absolute atomic E-state index is 0.194. The zero-order chi connectivity index (χ0) is 9.14. The minimum Gasteiger partial charge on any atom is -0.318 e. The van der Waals surface area contributed by atoms with Gasteiger partial charge in [0, 0.05) is 6.20 Å². The molecule has 0 aliphatic heterocycles. The molecule has 0 aliphatic rings. The topological polar surface area (TPSA) is 56.0 Å². The Morgan fingerprint density at radius 3 is 2.92 bits per heavy atom. The van der Waals surface area contributed by atoms with Crippen molar-refractivity contribution >= 4 is 5.78 Å². The van der Waals surface area contributed by atoms with Crippen LogP contribution in [0.15, 0.2) is 18.3 Å². The second-order valence-electron chi connectivity index (χ2n) is 2.50. The first-order chi connectivity index (χ1) is 5.61. The van der Waals surface area contributed by atoms with E-state index in [1.807, 2.05) is 0 Å². The van der Waals surface area contributed by atoms with E-state index in [1.54, 1.807) is 0 Å². The standard InChI is InChI=1S/C8H9FN2O/c1-5(12)8(10)6-2-3-11-7(9)4-6/h2-4,8H,10H2,1H3. The summed E-state index contributed by atoms with van der Waals surface area (Å²) in [5, 5.41) is 0. The normalized spacial score (nSPS) is 12.6. The quantitative estimate of drug-likeness (QED) is 0.665. The number of nitrogens with zero attached hydrogens (tertiary/aromatic N) is 1. The molecule has 0 aliphatic carbocycles. The summed E-state index contributed by atoms with van der Waals surface area (Å²) in [6.07, 6.45) is 1.29. The number of carbonyl (C=O) groups excluding carboxylic acids is 1. The third-order valence-electron chi connectivity index (χ3n) is 1.55. The fourth-order valence-electron chi connectivity index (χ4n) is 0.846. The SMILES string of the molecule is CC(=O)C(N)c1ccnc(F)c1. The van der Waals surface area contributed by atoms with Gasteiger partial charge in [-0.05, 0) is 24.6 Å². The molecule has 0 fully saturated rings. The first-order valence-corrected chi connectivity index (χ1v) is 3.48. The van der Waals surface area contributed by atoms with Crippen LogP contribution in [-0.4, -0.2) is 10.8 Å². The summed E-state index contributed by atoms with van der Waals surface area (Å²) < 4.78 is 12.5. The monoisotopic (exact) mass is 168 g/mol. The van der Waals surface area contributed by atoms with Crippen molar-refractivity contribution in [2.45, 2.75) is 13.0 Å². The molecule has 4 heteroatoms. The van der Waals surface area contributed by atoms with Crippen LogP contribution in [0.5, 0.6) is 0 Å². The number of Topliss-reactive ketones (excluding diaryl/α,β-unsaturated/α-hetero) is 1. The molecule has 12 heavy (non-hydrogen) atoms. The van der Waals surface area contributed by atoms with Crippen LogP contribution in [-0.2, 0) is 4.79 Å². The Bertz CT molecular complexity index is 301. The third kappa shape index (κ3) is 1.85. The Kier molecular flexibility index (Phi) is 2.50. The lowest BCUT2D eigenvalue weighted by atomic mass is 10.1. The minimum atomic E-state index is -0.748. The zero-order valence-electron chi connectivity index (χ0n) is 6.62. The molecule has 1 heterocycles. The van der Waals surface area contributed by atoms with E-state index in [-0.39, 0.29) is 5.78 Å². The fraction of sp³-hybridized carbons (Fsp3) is 0.250. The van der Waals surface area contributed by atoms with Crippen molar-refractivity contribution in [2.75, 3.05) is 0 Å². The summed E-state index contributed by atoms with van der Waals surface area (Å²) in [5.41, 5.74) is 5.92. The molecule has 3 nitrogen and oxygen atoms in total. The number of hydrogen-bond acceptors (Lipinski definition) is 3. The highest BCUT2D eigenvalue weighted by Crippen LogP contribution is 2.10. The van der Waals surface area contributed by atoms with Gasteiger partial charge >= 0.3 is 0 Å². The summed E-state index contributed by atoms with van der Waals surface area (Å²) in [5.74, 6) is -0.815. The van der Waals surface area contributed by atoms with Gasteiger partial charge in [0.1, 0.15) is 0 Å². The Morgan fingerprint density at radius 1 is 1.75 bits per heavy atom. The Morgan fingerprint density at radius 2 is 2.42 bits per heavy atom. The van der Waals surface area contributed by atoms with Crippen LogP contribution < -0.4 is 5.73 Å². The molecule has 2 N–H and O–H groups in total. The average molecular weight is 168 g/mol. The van der Waals surface area contributed by atoms with Gasteiger partial charge in [-0.15, -0.1) is 0 Å². The molecule has 0 bridgehead atoms. The molecule has 0 spiro atoms. The predicted molar refractivity (Wildman–Crippen MR) is 41.8 cm³/mol. The Hall–Kier alpha value is -1.29. The number of aromatic nitrogens is 1. The van der Waals surface area contributed by atoms with Gasteiger partial charge in [-0.25, -0.2) is 4.98 Å². The maximum absolute atomic E-state index is 12.5. The molecule has 0 amide bonds. The molecule has 1 aromatic heterocycles. The van der Waals surface area contributed by atoms with Gasteiger partial charge in [0.05, 0.1) is 6.04 Å². The second kappa shape index (κ2) is 3.40. The fourth-order valence-corrected chi connectivity index (χ4v) is 0.846. The summed E-state index contributed by atoms with van der Waals surface area (Å²) in [7, 11) is 0. The van der Waals surface area contributed by atoms with Crippen molar-refractivity contribution in [1.82, 2.24) is 4.98 Å². The van der Waals surface area contributed by atoms with Crippen LogP contribution in [0.4, 0.5) is 4.39 Å². The first-order valence-electron chi connectivity index (χ1n) is 3.48. The molecule has 0 saturated carbocycles. The van der Waals surface area contributed by atoms with E-state index in [4.69, 9.17) is 5.73 Å². The summed E-state index contributed by atoms with van der Waals surface area (Å²) >= 11 is 0. The summed E-state index contributed by atoms with van der Waals surface area (Å²) in [4.78, 5) is 14.1. The van der Waals surface area contributed by atoms with Crippen molar-refractivity contribution in [3.05, 3.63) is 29.8 Å². The lowest BCUT2D eigenvalue weighted by Gasteiger charge is -2.06. The number of carbonyl (C=O) groups is 1. The van der Waals surface area contributed by atoms with E-state index in [2.05, 4.69) is 4.98 Å². The molecule has 0 saturated heterocycles. The number of pyridine rings is 1. The molecular weight excluding hydrogens is 159 g/mol. The van der Waals surface area contributed by atoms with Crippen molar-refractivity contribution in [1.29, 1.82) is 0 Å².